The quantitative estimate of drug-likeness (QED) is 0.890. The number of carbonyl (C=O) groups is 1. The second-order valence-corrected chi connectivity index (χ2v) is 6.10. The molecule has 0 atom stereocenters. The van der Waals surface area contributed by atoms with Gasteiger partial charge in [-0.15, -0.1) is 0 Å². The second-order valence-electron chi connectivity index (χ2n) is 6.10. The Morgan fingerprint density at radius 3 is 2.46 bits per heavy atom. The average molecular weight is 365 g/mol. The fourth-order valence-electron chi connectivity index (χ4n) is 2.99. The van der Waals surface area contributed by atoms with E-state index in [2.05, 4.69) is 4.90 Å². The summed E-state index contributed by atoms with van der Waals surface area (Å²) >= 11 is 0. The van der Waals surface area contributed by atoms with Crippen LogP contribution in [0.3, 0.4) is 0 Å². The molecule has 1 saturated heterocycles. The number of halogens is 3. The lowest BCUT2D eigenvalue weighted by molar-refractivity contribution is -0.137. The molecule has 0 radical (unpaired) electrons. The summed E-state index contributed by atoms with van der Waals surface area (Å²) in [6, 6.07) is 10.3. The third-order valence-corrected chi connectivity index (χ3v) is 4.37. The number of hydrogen-bond acceptors (Lipinski definition) is 3. The third kappa shape index (κ3) is 3.89. The molecular weight excluding hydrogens is 347 g/mol. The number of amides is 1. The molecule has 1 N–H and O–H groups in total. The molecule has 0 spiro atoms. The van der Waals surface area contributed by atoms with Crippen LogP contribution in [0.4, 0.5) is 18.9 Å². The Morgan fingerprint density at radius 1 is 1.04 bits per heavy atom. The zero-order chi connectivity index (χ0) is 18.7. The third-order valence-electron chi connectivity index (χ3n) is 4.37. The molecule has 1 aromatic heterocycles. The maximum Gasteiger partial charge on any atom is 0.417 e. The predicted molar refractivity (Wildman–Crippen MR) is 91.2 cm³/mol. The first kappa shape index (κ1) is 18.0. The first-order chi connectivity index (χ1) is 12.4. The molecule has 1 aliphatic heterocycles. The monoisotopic (exact) mass is 365 g/mol. The van der Waals surface area contributed by atoms with Gasteiger partial charge in [-0.1, -0.05) is 18.2 Å². The molecule has 8 heteroatoms. The summed E-state index contributed by atoms with van der Waals surface area (Å²) in [6.45, 7) is 2.00. The number of hydrogen-bond donors (Lipinski definition) is 1. The largest absolute Gasteiger partial charge is 0.417 e. The summed E-state index contributed by atoms with van der Waals surface area (Å²) in [5.41, 5.74) is -1.31. The van der Waals surface area contributed by atoms with Crippen molar-refractivity contribution in [1.29, 1.82) is 0 Å². The summed E-state index contributed by atoms with van der Waals surface area (Å²) in [7, 11) is 0. The number of para-hydroxylation sites is 1. The van der Waals surface area contributed by atoms with E-state index in [1.165, 1.54) is 4.90 Å². The highest BCUT2D eigenvalue weighted by atomic mass is 19.4. The zero-order valence-corrected chi connectivity index (χ0v) is 13.9. The highest BCUT2D eigenvalue weighted by Crippen LogP contribution is 2.28. The van der Waals surface area contributed by atoms with Crippen LogP contribution in [0.25, 0.3) is 0 Å². The number of alkyl halides is 3. The molecule has 2 aromatic rings. The van der Waals surface area contributed by atoms with Gasteiger partial charge >= 0.3 is 6.18 Å². The standard InChI is InChI=1S/C18H18F3N3O2/c19-18(20,21)13-11-15(16(25)22-12-13)17(26)24-8-4-7-23(9-10-24)14-5-2-1-3-6-14/h1-3,5-6,11-12H,4,7-10H2,(H,22,25). The Balaban J connectivity index is 1.78. The first-order valence-electron chi connectivity index (χ1n) is 8.25. The number of carbonyl (C=O) groups excluding carboxylic acids is 1. The van der Waals surface area contributed by atoms with Gasteiger partial charge in [-0.3, -0.25) is 9.59 Å². The van der Waals surface area contributed by atoms with E-state index in [9.17, 15) is 22.8 Å². The van der Waals surface area contributed by atoms with Crippen molar-refractivity contribution in [1.82, 2.24) is 9.88 Å². The number of pyridine rings is 1. The molecule has 2 heterocycles. The van der Waals surface area contributed by atoms with Gasteiger partial charge in [0.05, 0.1) is 5.56 Å². The Hall–Kier alpha value is -2.77. The first-order valence-corrected chi connectivity index (χ1v) is 8.25. The fraction of sp³-hybridized carbons (Fsp3) is 0.333. The number of aromatic amines is 1. The summed E-state index contributed by atoms with van der Waals surface area (Å²) in [5, 5.41) is 0. The normalized spacial score (nSPS) is 15.7. The topological polar surface area (TPSA) is 56.4 Å². The van der Waals surface area contributed by atoms with E-state index in [0.717, 1.165) is 12.2 Å². The van der Waals surface area contributed by atoms with E-state index >= 15 is 0 Å². The zero-order valence-electron chi connectivity index (χ0n) is 13.9. The highest BCUT2D eigenvalue weighted by molar-refractivity contribution is 5.94. The SMILES string of the molecule is O=C(c1cc(C(F)(F)F)c[nH]c1=O)N1CCCN(c2ccccc2)CC1. The molecule has 1 amide bonds. The van der Waals surface area contributed by atoms with Gasteiger partial charge in [-0.2, -0.15) is 13.2 Å². The van der Waals surface area contributed by atoms with E-state index in [-0.39, 0.29) is 0 Å². The van der Waals surface area contributed by atoms with Crippen molar-refractivity contribution in [3.63, 3.8) is 0 Å². The van der Waals surface area contributed by atoms with Crippen LogP contribution < -0.4 is 10.5 Å². The Labute approximate surface area is 148 Å². The van der Waals surface area contributed by atoms with E-state index in [1.807, 2.05) is 35.3 Å². The minimum Gasteiger partial charge on any atom is -0.370 e. The van der Waals surface area contributed by atoms with E-state index in [1.54, 1.807) is 0 Å². The van der Waals surface area contributed by atoms with Crippen LogP contribution in [0.15, 0.2) is 47.4 Å². The smallest absolute Gasteiger partial charge is 0.370 e. The van der Waals surface area contributed by atoms with Gasteiger partial charge in [0.1, 0.15) is 5.56 Å². The number of aromatic nitrogens is 1. The number of anilines is 1. The molecule has 0 unspecified atom stereocenters. The van der Waals surface area contributed by atoms with Crippen LogP contribution in [0.2, 0.25) is 0 Å². The molecule has 0 bridgehead atoms. The van der Waals surface area contributed by atoms with E-state index < -0.39 is 28.8 Å². The molecule has 3 rings (SSSR count). The van der Waals surface area contributed by atoms with E-state index in [4.69, 9.17) is 0 Å². The molecule has 26 heavy (non-hydrogen) atoms. The van der Waals surface area contributed by atoms with Gasteiger partial charge in [-0.05, 0) is 24.6 Å². The van der Waals surface area contributed by atoms with Crippen molar-refractivity contribution >= 4 is 11.6 Å². The van der Waals surface area contributed by atoms with Gasteiger partial charge in [0.15, 0.2) is 0 Å². The molecule has 5 nitrogen and oxygen atoms in total. The van der Waals surface area contributed by atoms with Crippen molar-refractivity contribution in [3.05, 3.63) is 64.1 Å². The van der Waals surface area contributed by atoms with Crippen LogP contribution in [0.1, 0.15) is 22.3 Å². The van der Waals surface area contributed by atoms with Crippen molar-refractivity contribution in [2.45, 2.75) is 12.6 Å². The second kappa shape index (κ2) is 7.23. The minimum absolute atomic E-state index is 0.337. The van der Waals surface area contributed by atoms with Crippen LogP contribution in [0, 0.1) is 0 Å². The molecule has 1 aromatic carbocycles. The van der Waals surface area contributed by atoms with Gasteiger partial charge < -0.3 is 14.8 Å². The fourth-order valence-corrected chi connectivity index (χ4v) is 2.99. The Kier molecular flexibility index (Phi) is 5.01. The number of nitrogens with one attached hydrogen (secondary N) is 1. The van der Waals surface area contributed by atoms with Crippen LogP contribution in [0.5, 0.6) is 0 Å². The van der Waals surface area contributed by atoms with Gasteiger partial charge in [-0.25, -0.2) is 0 Å². The van der Waals surface area contributed by atoms with Crippen molar-refractivity contribution in [2.24, 2.45) is 0 Å². The number of benzene rings is 1. The van der Waals surface area contributed by atoms with E-state index in [0.29, 0.717) is 38.3 Å². The van der Waals surface area contributed by atoms with Crippen molar-refractivity contribution in [3.8, 4) is 0 Å². The molecule has 1 aliphatic rings. The van der Waals surface area contributed by atoms with Crippen LogP contribution in [-0.4, -0.2) is 42.0 Å². The average Bonchev–Trinajstić information content (AvgIpc) is 2.87. The summed E-state index contributed by atoms with van der Waals surface area (Å²) in [6.07, 6.45) is -3.38. The number of nitrogens with zero attached hydrogens (tertiary/aromatic N) is 2. The van der Waals surface area contributed by atoms with Crippen molar-refractivity contribution < 1.29 is 18.0 Å². The molecule has 1 fully saturated rings. The number of rotatable bonds is 2. The lowest BCUT2D eigenvalue weighted by Gasteiger charge is -2.23. The van der Waals surface area contributed by atoms with Gasteiger partial charge in [0.25, 0.3) is 11.5 Å². The maximum absolute atomic E-state index is 12.9. The summed E-state index contributed by atoms with van der Waals surface area (Å²) in [4.78, 5) is 30.1. The highest BCUT2D eigenvalue weighted by Gasteiger charge is 2.33. The summed E-state index contributed by atoms with van der Waals surface area (Å²) < 4.78 is 38.6. The molecular formula is C18H18F3N3O2. The summed E-state index contributed by atoms with van der Waals surface area (Å²) in [5.74, 6) is -0.674. The molecule has 138 valence electrons. The van der Waals surface area contributed by atoms with Crippen LogP contribution >= 0.6 is 0 Å². The van der Waals surface area contributed by atoms with Crippen LogP contribution in [-0.2, 0) is 6.18 Å². The van der Waals surface area contributed by atoms with Crippen molar-refractivity contribution in [2.75, 3.05) is 31.1 Å². The minimum atomic E-state index is -4.62. The lowest BCUT2D eigenvalue weighted by Crippen LogP contribution is -2.38. The van der Waals surface area contributed by atoms with Gasteiger partial charge in [0.2, 0.25) is 0 Å². The molecule has 0 aliphatic carbocycles. The maximum atomic E-state index is 12.9. The van der Waals surface area contributed by atoms with Gasteiger partial charge in [0, 0.05) is 38.1 Å². The molecule has 0 saturated carbocycles. The lowest BCUT2D eigenvalue weighted by atomic mass is 10.1. The predicted octanol–water partition coefficient (Wildman–Crippen LogP) is 2.75. The Bertz CT molecular complexity index is 834. The number of H-pyrrole nitrogens is 1. The Morgan fingerprint density at radius 2 is 1.77 bits per heavy atom.